The smallest absolute Gasteiger partial charge is 0.123 e. The Balaban J connectivity index is 1.87. The SMILES string of the molecule is NCCc1cc(F)ccc1OCCC1CCCO1. The van der Waals surface area contributed by atoms with Gasteiger partial charge in [0, 0.05) is 13.0 Å². The fourth-order valence-electron chi connectivity index (χ4n) is 2.21. The van der Waals surface area contributed by atoms with E-state index in [1.54, 1.807) is 6.07 Å². The molecule has 1 aromatic carbocycles. The van der Waals surface area contributed by atoms with Crippen LogP contribution < -0.4 is 10.5 Å². The largest absolute Gasteiger partial charge is 0.493 e. The molecule has 1 aliphatic rings. The number of rotatable bonds is 6. The third kappa shape index (κ3) is 3.68. The van der Waals surface area contributed by atoms with Crippen molar-refractivity contribution in [2.24, 2.45) is 5.73 Å². The maximum atomic E-state index is 13.1. The summed E-state index contributed by atoms with van der Waals surface area (Å²) in [5.74, 6) is 0.491. The van der Waals surface area contributed by atoms with E-state index >= 15 is 0 Å². The van der Waals surface area contributed by atoms with E-state index in [0.717, 1.165) is 37.2 Å². The van der Waals surface area contributed by atoms with Crippen LogP contribution in [0.4, 0.5) is 4.39 Å². The summed E-state index contributed by atoms with van der Waals surface area (Å²) in [5, 5.41) is 0. The van der Waals surface area contributed by atoms with Crippen LogP contribution in [0.15, 0.2) is 18.2 Å². The van der Waals surface area contributed by atoms with Gasteiger partial charge in [0.15, 0.2) is 0 Å². The second-order valence-corrected chi connectivity index (χ2v) is 4.56. The van der Waals surface area contributed by atoms with Gasteiger partial charge < -0.3 is 15.2 Å². The van der Waals surface area contributed by atoms with Crippen LogP contribution in [-0.4, -0.2) is 25.9 Å². The van der Waals surface area contributed by atoms with E-state index in [1.807, 2.05) is 0 Å². The Morgan fingerprint density at radius 2 is 2.33 bits per heavy atom. The van der Waals surface area contributed by atoms with E-state index in [2.05, 4.69) is 0 Å². The summed E-state index contributed by atoms with van der Waals surface area (Å²) in [6.45, 7) is 1.96. The number of hydrogen-bond donors (Lipinski definition) is 1. The minimum Gasteiger partial charge on any atom is -0.493 e. The van der Waals surface area contributed by atoms with Crippen molar-refractivity contribution in [1.82, 2.24) is 0 Å². The lowest BCUT2D eigenvalue weighted by Gasteiger charge is -2.13. The van der Waals surface area contributed by atoms with Crippen molar-refractivity contribution >= 4 is 0 Å². The van der Waals surface area contributed by atoms with E-state index in [9.17, 15) is 4.39 Å². The fraction of sp³-hybridized carbons (Fsp3) is 0.571. The first kappa shape index (κ1) is 13.3. The molecule has 0 saturated carbocycles. The molecule has 1 atom stereocenters. The molecule has 0 spiro atoms. The van der Waals surface area contributed by atoms with E-state index in [0.29, 0.717) is 25.7 Å². The molecule has 0 amide bonds. The maximum absolute atomic E-state index is 13.1. The first-order valence-electron chi connectivity index (χ1n) is 6.52. The minimum atomic E-state index is -0.245. The average Bonchev–Trinajstić information content (AvgIpc) is 2.85. The maximum Gasteiger partial charge on any atom is 0.123 e. The summed E-state index contributed by atoms with van der Waals surface area (Å²) < 4.78 is 24.4. The van der Waals surface area contributed by atoms with Crippen LogP contribution in [0.5, 0.6) is 5.75 Å². The van der Waals surface area contributed by atoms with Crippen molar-refractivity contribution in [3.05, 3.63) is 29.6 Å². The molecule has 2 rings (SSSR count). The van der Waals surface area contributed by atoms with Gasteiger partial charge in [-0.25, -0.2) is 4.39 Å². The van der Waals surface area contributed by atoms with Crippen LogP contribution in [0.1, 0.15) is 24.8 Å². The van der Waals surface area contributed by atoms with Gasteiger partial charge >= 0.3 is 0 Å². The molecule has 2 N–H and O–H groups in total. The monoisotopic (exact) mass is 253 g/mol. The summed E-state index contributed by atoms with van der Waals surface area (Å²) in [6, 6.07) is 4.59. The predicted molar refractivity (Wildman–Crippen MR) is 68.2 cm³/mol. The van der Waals surface area contributed by atoms with E-state index in [1.165, 1.54) is 12.1 Å². The molecule has 1 unspecified atom stereocenters. The number of halogens is 1. The highest BCUT2D eigenvalue weighted by Gasteiger charge is 2.15. The molecular formula is C14H20FNO2. The molecule has 0 aromatic heterocycles. The Bertz CT molecular complexity index is 378. The molecule has 1 fully saturated rings. The highest BCUT2D eigenvalue weighted by molar-refractivity contribution is 5.34. The second kappa shape index (κ2) is 6.71. The molecule has 18 heavy (non-hydrogen) atoms. The Labute approximate surface area is 107 Å². The molecule has 100 valence electrons. The van der Waals surface area contributed by atoms with Gasteiger partial charge in [0.1, 0.15) is 11.6 Å². The van der Waals surface area contributed by atoms with E-state index in [4.69, 9.17) is 15.2 Å². The van der Waals surface area contributed by atoms with Gasteiger partial charge in [0.2, 0.25) is 0 Å². The summed E-state index contributed by atoms with van der Waals surface area (Å²) in [4.78, 5) is 0. The van der Waals surface area contributed by atoms with E-state index in [-0.39, 0.29) is 5.82 Å². The van der Waals surface area contributed by atoms with Gasteiger partial charge in [-0.3, -0.25) is 0 Å². The first-order chi connectivity index (χ1) is 8.79. The molecule has 0 radical (unpaired) electrons. The average molecular weight is 253 g/mol. The molecule has 0 bridgehead atoms. The van der Waals surface area contributed by atoms with Gasteiger partial charge in [0.25, 0.3) is 0 Å². The van der Waals surface area contributed by atoms with Gasteiger partial charge in [-0.2, -0.15) is 0 Å². The van der Waals surface area contributed by atoms with Crippen LogP contribution in [0.2, 0.25) is 0 Å². The highest BCUT2D eigenvalue weighted by atomic mass is 19.1. The third-order valence-electron chi connectivity index (χ3n) is 3.16. The van der Waals surface area contributed by atoms with Crippen LogP contribution in [-0.2, 0) is 11.2 Å². The fourth-order valence-corrected chi connectivity index (χ4v) is 2.21. The standard InChI is InChI=1S/C14H20FNO2/c15-12-3-4-14(11(10-12)5-7-16)18-9-6-13-2-1-8-17-13/h3-4,10,13H,1-2,5-9,16H2. The number of ether oxygens (including phenoxy) is 2. The van der Waals surface area contributed by atoms with E-state index < -0.39 is 0 Å². The molecule has 1 aromatic rings. The van der Waals surface area contributed by atoms with Crippen molar-refractivity contribution in [3.8, 4) is 5.75 Å². The lowest BCUT2D eigenvalue weighted by Crippen LogP contribution is -2.12. The van der Waals surface area contributed by atoms with Gasteiger partial charge in [-0.05, 0) is 49.6 Å². The van der Waals surface area contributed by atoms with Gasteiger partial charge in [-0.15, -0.1) is 0 Å². The van der Waals surface area contributed by atoms with Crippen LogP contribution >= 0.6 is 0 Å². The van der Waals surface area contributed by atoms with Crippen LogP contribution in [0, 0.1) is 5.82 Å². The zero-order chi connectivity index (χ0) is 12.8. The summed E-state index contributed by atoms with van der Waals surface area (Å²) in [6.07, 6.45) is 4.09. The van der Waals surface area contributed by atoms with Crippen molar-refractivity contribution in [3.63, 3.8) is 0 Å². The van der Waals surface area contributed by atoms with Crippen molar-refractivity contribution in [2.75, 3.05) is 19.8 Å². The molecular weight excluding hydrogens is 233 g/mol. The molecule has 0 aliphatic carbocycles. The Morgan fingerprint density at radius 3 is 3.06 bits per heavy atom. The third-order valence-corrected chi connectivity index (χ3v) is 3.16. The number of hydrogen-bond acceptors (Lipinski definition) is 3. The normalized spacial score (nSPS) is 19.1. The number of benzene rings is 1. The summed E-state index contributed by atoms with van der Waals surface area (Å²) >= 11 is 0. The minimum absolute atomic E-state index is 0.245. The van der Waals surface area contributed by atoms with Crippen molar-refractivity contribution in [1.29, 1.82) is 0 Å². The second-order valence-electron chi connectivity index (χ2n) is 4.56. The zero-order valence-electron chi connectivity index (χ0n) is 10.5. The lowest BCUT2D eigenvalue weighted by molar-refractivity contribution is 0.0902. The van der Waals surface area contributed by atoms with Gasteiger partial charge in [0.05, 0.1) is 12.7 Å². The molecule has 1 heterocycles. The predicted octanol–water partition coefficient (Wildman–Crippen LogP) is 2.27. The Kier molecular flexibility index (Phi) is 4.96. The Hall–Kier alpha value is -1.13. The quantitative estimate of drug-likeness (QED) is 0.846. The van der Waals surface area contributed by atoms with Crippen LogP contribution in [0.3, 0.4) is 0 Å². The van der Waals surface area contributed by atoms with Crippen LogP contribution in [0.25, 0.3) is 0 Å². The topological polar surface area (TPSA) is 44.5 Å². The molecule has 1 saturated heterocycles. The van der Waals surface area contributed by atoms with Crippen molar-refractivity contribution in [2.45, 2.75) is 31.8 Å². The highest BCUT2D eigenvalue weighted by Crippen LogP contribution is 2.21. The zero-order valence-corrected chi connectivity index (χ0v) is 10.5. The lowest BCUT2D eigenvalue weighted by atomic mass is 10.1. The Morgan fingerprint density at radius 1 is 1.44 bits per heavy atom. The van der Waals surface area contributed by atoms with Crippen molar-refractivity contribution < 1.29 is 13.9 Å². The van der Waals surface area contributed by atoms with Gasteiger partial charge in [-0.1, -0.05) is 0 Å². The summed E-state index contributed by atoms with van der Waals surface area (Å²) in [5.41, 5.74) is 6.35. The molecule has 1 aliphatic heterocycles. The first-order valence-corrected chi connectivity index (χ1v) is 6.52. The number of nitrogens with two attached hydrogens (primary N) is 1. The molecule has 3 nitrogen and oxygen atoms in total. The summed E-state index contributed by atoms with van der Waals surface area (Å²) in [7, 11) is 0. The molecule has 4 heteroatoms.